The second kappa shape index (κ2) is 13.6. The third kappa shape index (κ3) is 6.83. The fourth-order valence-electron chi connectivity index (χ4n) is 4.35. The van der Waals surface area contributed by atoms with Crippen molar-refractivity contribution in [1.82, 2.24) is 0 Å². The van der Waals surface area contributed by atoms with Crippen LogP contribution >= 0.6 is 10.3 Å². The van der Waals surface area contributed by atoms with E-state index in [2.05, 4.69) is 0 Å². The van der Waals surface area contributed by atoms with Crippen LogP contribution < -0.4 is 4.74 Å². The molecule has 1 saturated heterocycles. The summed E-state index contributed by atoms with van der Waals surface area (Å²) in [6.07, 6.45) is -5.06. The number of benzene rings is 3. The molecule has 254 valence electrons. The number of alkyl halides is 9. The fraction of sp³-hybridized carbons (Fsp3) is 0.379. The summed E-state index contributed by atoms with van der Waals surface area (Å²) < 4.78 is 172. The van der Waals surface area contributed by atoms with Crippen LogP contribution in [-0.2, 0) is 23.2 Å². The van der Waals surface area contributed by atoms with Gasteiger partial charge in [0.1, 0.15) is 12.4 Å². The van der Waals surface area contributed by atoms with Crippen LogP contribution in [0.4, 0.5) is 39.5 Å². The molecular formula is C29H27F9O6S2. The summed E-state index contributed by atoms with van der Waals surface area (Å²) in [7, 11) is -11.4. The Balaban J connectivity index is 1.76. The molecule has 0 amide bonds. The van der Waals surface area contributed by atoms with E-state index in [4.69, 9.17) is 17.8 Å². The molecule has 1 heterocycles. The molecule has 1 aliphatic rings. The van der Waals surface area contributed by atoms with Gasteiger partial charge in [0, 0.05) is 21.3 Å². The Labute approximate surface area is 260 Å². The van der Waals surface area contributed by atoms with Gasteiger partial charge >= 0.3 is 33.4 Å². The number of hydrogen-bond acceptors (Lipinski definition) is 6. The molecule has 17 heteroatoms. The minimum absolute atomic E-state index is 0.0359. The summed E-state index contributed by atoms with van der Waals surface area (Å²) >= 11 is 0. The van der Waals surface area contributed by atoms with Gasteiger partial charge in [0.15, 0.2) is 6.29 Å². The molecule has 0 saturated carbocycles. The third-order valence-corrected chi connectivity index (χ3v) is 11.9. The highest BCUT2D eigenvalue weighted by Gasteiger charge is 2.86. The Kier molecular flexibility index (Phi) is 10.6. The van der Waals surface area contributed by atoms with Gasteiger partial charge in [-0.15, -0.1) is 0 Å². The first kappa shape index (κ1) is 35.9. The van der Waals surface area contributed by atoms with E-state index < -0.39 is 43.7 Å². The summed E-state index contributed by atoms with van der Waals surface area (Å²) in [5.41, 5.74) is 0. The maximum atomic E-state index is 15.0. The van der Waals surface area contributed by atoms with Crippen LogP contribution in [0, 0.1) is 0 Å². The first-order valence-corrected chi connectivity index (χ1v) is 16.5. The van der Waals surface area contributed by atoms with Crippen molar-refractivity contribution in [3.63, 3.8) is 0 Å². The van der Waals surface area contributed by atoms with E-state index in [0.29, 0.717) is 13.0 Å². The molecule has 3 aromatic carbocycles. The fourth-order valence-corrected chi connectivity index (χ4v) is 9.57. The zero-order chi connectivity index (χ0) is 33.9. The standard InChI is InChI=1S/C29H27F9O6S2/c30-26(31,28(34,35)36)27(32,33)29(37,38)46(39,40)44-45(22-9-3-1-4-10-22,23-11-5-2-6-12-23)24-16-14-21(15-17-24)41-19-20-43-25-13-7-8-18-42-25/h1-6,9-12,14-17,25H,7-8,13,18-20H2. The van der Waals surface area contributed by atoms with E-state index in [0.717, 1.165) is 12.8 Å². The summed E-state index contributed by atoms with van der Waals surface area (Å²) in [6.45, 7) is 0.725. The van der Waals surface area contributed by atoms with E-state index in [1.54, 1.807) is 0 Å². The van der Waals surface area contributed by atoms with Gasteiger partial charge in [0.05, 0.1) is 6.61 Å². The third-order valence-electron chi connectivity index (χ3n) is 6.72. The lowest BCUT2D eigenvalue weighted by molar-refractivity contribution is -0.382. The van der Waals surface area contributed by atoms with Crippen LogP contribution in [0.1, 0.15) is 19.3 Å². The van der Waals surface area contributed by atoms with Crippen molar-refractivity contribution in [2.24, 2.45) is 0 Å². The predicted octanol–water partition coefficient (Wildman–Crippen LogP) is 8.58. The van der Waals surface area contributed by atoms with E-state index >= 15 is 0 Å². The zero-order valence-corrected chi connectivity index (χ0v) is 25.2. The average molecular weight is 707 g/mol. The summed E-state index contributed by atoms with van der Waals surface area (Å²) in [5.74, 6) is -14.8. The molecule has 4 rings (SSSR count). The van der Waals surface area contributed by atoms with Crippen molar-refractivity contribution in [3.8, 4) is 5.75 Å². The van der Waals surface area contributed by atoms with Crippen LogP contribution in [-0.4, -0.2) is 57.8 Å². The van der Waals surface area contributed by atoms with Gasteiger partial charge in [0.2, 0.25) is 0 Å². The lowest BCUT2D eigenvalue weighted by Gasteiger charge is -2.41. The minimum Gasteiger partial charge on any atom is -0.491 e. The molecule has 1 atom stereocenters. The van der Waals surface area contributed by atoms with E-state index in [1.165, 1.54) is 84.9 Å². The molecule has 3 aromatic rings. The van der Waals surface area contributed by atoms with Crippen molar-refractivity contribution >= 4 is 20.4 Å². The van der Waals surface area contributed by atoms with E-state index in [-0.39, 0.29) is 39.9 Å². The number of halogens is 9. The maximum absolute atomic E-state index is 15.0. The molecule has 0 aliphatic carbocycles. The molecular weight excluding hydrogens is 679 g/mol. The Hall–Kier alpha value is -2.99. The summed E-state index contributed by atoms with van der Waals surface area (Å²) in [4.78, 5) is -0.614. The van der Waals surface area contributed by atoms with Crippen molar-refractivity contribution in [2.75, 3.05) is 19.8 Å². The minimum atomic E-state index is -7.47. The maximum Gasteiger partial charge on any atom is 0.460 e. The topological polar surface area (TPSA) is 71.1 Å². The molecule has 0 spiro atoms. The smallest absolute Gasteiger partial charge is 0.460 e. The molecule has 1 unspecified atom stereocenters. The quantitative estimate of drug-likeness (QED) is 0.131. The Bertz CT molecular complexity index is 1490. The van der Waals surface area contributed by atoms with Crippen molar-refractivity contribution in [3.05, 3.63) is 84.9 Å². The van der Waals surface area contributed by atoms with Gasteiger partial charge in [-0.2, -0.15) is 47.9 Å². The highest BCUT2D eigenvalue weighted by molar-refractivity contribution is 8.33. The Morgan fingerprint density at radius 3 is 1.67 bits per heavy atom. The second-order valence-corrected chi connectivity index (χ2v) is 14.3. The highest BCUT2D eigenvalue weighted by atomic mass is 32.3. The molecule has 0 bridgehead atoms. The van der Waals surface area contributed by atoms with Gasteiger partial charge in [-0.3, -0.25) is 0 Å². The second-order valence-electron chi connectivity index (χ2n) is 9.85. The van der Waals surface area contributed by atoms with Gasteiger partial charge in [-0.25, -0.2) is 3.63 Å². The molecule has 0 aromatic heterocycles. The highest BCUT2D eigenvalue weighted by Crippen LogP contribution is 2.71. The lowest BCUT2D eigenvalue weighted by Crippen LogP contribution is -2.63. The average Bonchev–Trinajstić information content (AvgIpc) is 3.03. The molecule has 1 aliphatic heterocycles. The van der Waals surface area contributed by atoms with Gasteiger partial charge in [0.25, 0.3) is 0 Å². The lowest BCUT2D eigenvalue weighted by atomic mass is 10.1. The number of rotatable bonds is 13. The molecule has 1 fully saturated rings. The largest absolute Gasteiger partial charge is 0.491 e. The number of ether oxygens (including phenoxy) is 3. The SMILES string of the molecule is O=S(=O)(OS(c1ccccc1)(c1ccccc1)c1ccc(OCCOC2CCCCO2)cc1)C(F)(F)C(F)(F)C(F)(F)C(F)(F)F. The van der Waals surface area contributed by atoms with Crippen molar-refractivity contribution < 1.29 is 65.8 Å². The van der Waals surface area contributed by atoms with Crippen LogP contribution in [0.3, 0.4) is 0 Å². The first-order valence-electron chi connectivity index (χ1n) is 13.5. The Morgan fingerprint density at radius 2 is 1.20 bits per heavy atom. The summed E-state index contributed by atoms with van der Waals surface area (Å²) in [5, 5.41) is -7.06. The van der Waals surface area contributed by atoms with Gasteiger partial charge < -0.3 is 14.2 Å². The van der Waals surface area contributed by atoms with Crippen molar-refractivity contribution in [1.29, 1.82) is 0 Å². The van der Waals surface area contributed by atoms with Crippen LogP contribution in [0.15, 0.2) is 99.6 Å². The monoisotopic (exact) mass is 706 g/mol. The van der Waals surface area contributed by atoms with Crippen LogP contribution in [0.25, 0.3) is 0 Å². The molecule has 0 N–H and O–H groups in total. The van der Waals surface area contributed by atoms with Gasteiger partial charge in [-0.05, 0) is 78.1 Å². The van der Waals surface area contributed by atoms with Crippen LogP contribution in [0.2, 0.25) is 0 Å². The van der Waals surface area contributed by atoms with Gasteiger partial charge in [-0.1, -0.05) is 36.4 Å². The predicted molar refractivity (Wildman–Crippen MR) is 148 cm³/mol. The normalized spacial score (nSPS) is 17.5. The molecule has 6 nitrogen and oxygen atoms in total. The molecule has 46 heavy (non-hydrogen) atoms. The number of hydrogen-bond donors (Lipinski definition) is 0. The Morgan fingerprint density at radius 1 is 0.674 bits per heavy atom. The molecule has 0 radical (unpaired) electrons. The van der Waals surface area contributed by atoms with Crippen molar-refractivity contribution in [2.45, 2.75) is 63.5 Å². The van der Waals surface area contributed by atoms with E-state index in [9.17, 15) is 47.9 Å². The van der Waals surface area contributed by atoms with E-state index in [1.807, 2.05) is 0 Å². The zero-order valence-electron chi connectivity index (χ0n) is 23.6. The van der Waals surface area contributed by atoms with Crippen LogP contribution in [0.5, 0.6) is 5.75 Å². The first-order chi connectivity index (χ1) is 21.5. The summed E-state index contributed by atoms with van der Waals surface area (Å²) in [6, 6.07) is 17.9.